The minimum atomic E-state index is 0.722. The molecule has 0 spiro atoms. The Kier molecular flexibility index (Phi) is 38.4. The summed E-state index contributed by atoms with van der Waals surface area (Å²) < 4.78 is 0. The third kappa shape index (κ3) is 67.1. The minimum Gasteiger partial charge on any atom is -0.103 e. The maximum atomic E-state index is 3.17. The standard InChI is InChI=1S/2C10H20.C10H18.C9H20/c3*1-9(2)7-5-6-8-10(3)4;1-8(2)6-5-7-9(3)4/h2*5-6,9-10H,7-8H2,1-4H3;9-10H,7-8H2,1-4H3;8-9H,5-7H2,1-4H3/b6-5+;6-5-;;. The largest absolute Gasteiger partial charge is 0.103 e. The molecular formula is C39H78. The second-order valence-corrected chi connectivity index (χ2v) is 14.7. The number of hydrogen-bond donors (Lipinski definition) is 0. The Morgan fingerprint density at radius 1 is 0.333 bits per heavy atom. The van der Waals surface area contributed by atoms with Crippen molar-refractivity contribution in [1.29, 1.82) is 0 Å². The lowest BCUT2D eigenvalue weighted by Crippen LogP contribution is -1.90. The Hall–Kier alpha value is -0.960. The minimum absolute atomic E-state index is 0.722. The highest BCUT2D eigenvalue weighted by atomic mass is 14.0. The highest BCUT2D eigenvalue weighted by Gasteiger charge is 1.96. The summed E-state index contributed by atoms with van der Waals surface area (Å²) in [5.41, 5.74) is 0. The zero-order valence-electron chi connectivity index (χ0n) is 30.3. The van der Waals surface area contributed by atoms with Gasteiger partial charge in [-0.3, -0.25) is 0 Å². The highest BCUT2D eigenvalue weighted by Crippen LogP contribution is 2.11. The number of allylic oxidation sites excluding steroid dienone is 4. The molecule has 0 rings (SSSR count). The molecule has 0 N–H and O–H groups in total. The van der Waals surface area contributed by atoms with Crippen molar-refractivity contribution in [3.05, 3.63) is 24.3 Å². The van der Waals surface area contributed by atoms with Gasteiger partial charge in [0.25, 0.3) is 0 Å². The third-order valence-electron chi connectivity index (χ3n) is 5.47. The fraction of sp³-hybridized carbons (Fsp3) is 0.846. The van der Waals surface area contributed by atoms with Gasteiger partial charge in [0.15, 0.2) is 0 Å². The van der Waals surface area contributed by atoms with Crippen LogP contribution in [0.3, 0.4) is 0 Å². The average molecular weight is 547 g/mol. The monoisotopic (exact) mass is 547 g/mol. The molecule has 0 aromatic rings. The first-order valence-electron chi connectivity index (χ1n) is 16.8. The summed E-state index contributed by atoms with van der Waals surface area (Å²) in [6.07, 6.45) is 20.4. The third-order valence-corrected chi connectivity index (χ3v) is 5.47. The highest BCUT2D eigenvalue weighted by molar-refractivity contribution is 4.99. The van der Waals surface area contributed by atoms with Crippen molar-refractivity contribution >= 4 is 0 Å². The van der Waals surface area contributed by atoms with Crippen molar-refractivity contribution in [2.45, 2.75) is 169 Å². The molecule has 0 heteroatoms. The summed E-state index contributed by atoms with van der Waals surface area (Å²) in [6.45, 7) is 36.0. The molecule has 0 saturated carbocycles. The molecule has 0 atom stereocenters. The van der Waals surface area contributed by atoms with Gasteiger partial charge < -0.3 is 0 Å². The van der Waals surface area contributed by atoms with E-state index in [2.05, 4.69) is 147 Å². The van der Waals surface area contributed by atoms with E-state index < -0.39 is 0 Å². The quantitative estimate of drug-likeness (QED) is 0.150. The molecule has 0 aliphatic carbocycles. The molecule has 39 heavy (non-hydrogen) atoms. The topological polar surface area (TPSA) is 0 Å². The maximum Gasteiger partial charge on any atom is 0.0112 e. The summed E-state index contributed by atoms with van der Waals surface area (Å²) in [5.74, 6) is 12.8. The fourth-order valence-corrected chi connectivity index (χ4v) is 2.96. The van der Waals surface area contributed by atoms with Crippen LogP contribution in [0.5, 0.6) is 0 Å². The number of rotatable bonds is 14. The van der Waals surface area contributed by atoms with Crippen LogP contribution in [0, 0.1) is 59.2 Å². The van der Waals surface area contributed by atoms with E-state index in [-0.39, 0.29) is 0 Å². The summed E-state index contributed by atoms with van der Waals surface area (Å²) in [4.78, 5) is 0. The second-order valence-electron chi connectivity index (χ2n) is 14.7. The Labute approximate surface area is 251 Å². The molecule has 0 aliphatic heterocycles. The fourth-order valence-electron chi connectivity index (χ4n) is 2.96. The van der Waals surface area contributed by atoms with E-state index in [1.54, 1.807) is 0 Å². The van der Waals surface area contributed by atoms with Gasteiger partial charge in [-0.1, -0.05) is 154 Å². The molecule has 0 nitrogen and oxygen atoms in total. The lowest BCUT2D eigenvalue weighted by molar-refractivity contribution is 0.480. The van der Waals surface area contributed by atoms with E-state index in [0.717, 1.165) is 60.2 Å². The van der Waals surface area contributed by atoms with Crippen LogP contribution in [0.2, 0.25) is 0 Å². The van der Waals surface area contributed by atoms with Crippen LogP contribution in [0.25, 0.3) is 0 Å². The van der Waals surface area contributed by atoms with Crippen LogP contribution < -0.4 is 0 Å². The Balaban J connectivity index is -0.000000210. The smallest absolute Gasteiger partial charge is 0.0112 e. The molecule has 0 amide bonds. The van der Waals surface area contributed by atoms with Crippen LogP contribution in [-0.2, 0) is 0 Å². The van der Waals surface area contributed by atoms with Gasteiger partial charge in [-0.15, -0.1) is 11.8 Å². The average Bonchev–Trinajstić information content (AvgIpc) is 2.77. The molecule has 0 radical (unpaired) electrons. The summed E-state index contributed by atoms with van der Waals surface area (Å²) in [5, 5.41) is 0. The first-order valence-corrected chi connectivity index (χ1v) is 16.8. The Morgan fingerprint density at radius 3 is 0.718 bits per heavy atom. The second kappa shape index (κ2) is 33.2. The van der Waals surface area contributed by atoms with E-state index in [1.807, 2.05) is 0 Å². The van der Waals surface area contributed by atoms with Crippen LogP contribution in [0.1, 0.15) is 169 Å². The van der Waals surface area contributed by atoms with E-state index >= 15 is 0 Å². The predicted octanol–water partition coefficient (Wildman–Crippen LogP) is 13.8. The molecular weight excluding hydrogens is 468 g/mol. The summed E-state index contributed by atoms with van der Waals surface area (Å²) >= 11 is 0. The molecule has 0 fully saturated rings. The van der Waals surface area contributed by atoms with E-state index in [4.69, 9.17) is 0 Å². The lowest BCUT2D eigenvalue weighted by Gasteiger charge is -2.05. The Morgan fingerprint density at radius 2 is 0.564 bits per heavy atom. The lowest BCUT2D eigenvalue weighted by atomic mass is 10.0. The van der Waals surface area contributed by atoms with Crippen LogP contribution in [0.15, 0.2) is 24.3 Å². The van der Waals surface area contributed by atoms with Crippen LogP contribution in [-0.4, -0.2) is 0 Å². The van der Waals surface area contributed by atoms with Gasteiger partial charge in [0.05, 0.1) is 0 Å². The van der Waals surface area contributed by atoms with Crippen molar-refractivity contribution < 1.29 is 0 Å². The van der Waals surface area contributed by atoms with Gasteiger partial charge in [0, 0.05) is 12.8 Å². The normalized spacial score (nSPS) is 11.4. The van der Waals surface area contributed by atoms with E-state index in [0.29, 0.717) is 0 Å². The first-order chi connectivity index (χ1) is 18.0. The molecule has 234 valence electrons. The van der Waals surface area contributed by atoms with Crippen molar-refractivity contribution in [1.82, 2.24) is 0 Å². The Bertz CT molecular complexity index is 483. The van der Waals surface area contributed by atoms with E-state index in [9.17, 15) is 0 Å². The van der Waals surface area contributed by atoms with Crippen LogP contribution in [0.4, 0.5) is 0 Å². The molecule has 0 heterocycles. The van der Waals surface area contributed by atoms with Gasteiger partial charge in [0.1, 0.15) is 0 Å². The van der Waals surface area contributed by atoms with E-state index in [1.165, 1.54) is 44.9 Å². The van der Waals surface area contributed by atoms with Gasteiger partial charge in [0.2, 0.25) is 0 Å². The summed E-state index contributed by atoms with van der Waals surface area (Å²) in [7, 11) is 0. The van der Waals surface area contributed by atoms with Gasteiger partial charge >= 0.3 is 0 Å². The van der Waals surface area contributed by atoms with Crippen molar-refractivity contribution in [3.63, 3.8) is 0 Å². The molecule has 0 bridgehead atoms. The SMILES string of the molecule is CC(C)C/C=C/CC(C)C.CC(C)C/C=C\CC(C)C.CC(C)CC#CCC(C)C.CC(C)CCCC(C)C. The predicted molar refractivity (Wildman–Crippen MR) is 186 cm³/mol. The molecule has 0 unspecified atom stereocenters. The zero-order chi connectivity index (χ0) is 31.2. The van der Waals surface area contributed by atoms with Crippen molar-refractivity contribution in [3.8, 4) is 11.8 Å². The van der Waals surface area contributed by atoms with Crippen LogP contribution >= 0.6 is 0 Å². The molecule has 0 aromatic heterocycles. The van der Waals surface area contributed by atoms with Crippen molar-refractivity contribution in [2.75, 3.05) is 0 Å². The molecule has 0 aliphatic rings. The zero-order valence-corrected chi connectivity index (χ0v) is 30.3. The van der Waals surface area contributed by atoms with Gasteiger partial charge in [-0.05, 0) is 73.0 Å². The molecule has 0 saturated heterocycles. The van der Waals surface area contributed by atoms with Gasteiger partial charge in [-0.2, -0.15) is 0 Å². The number of hydrogen-bond acceptors (Lipinski definition) is 0. The maximum absolute atomic E-state index is 3.17. The first kappa shape index (κ1) is 45.0. The summed E-state index contributed by atoms with van der Waals surface area (Å²) in [6, 6.07) is 0. The van der Waals surface area contributed by atoms with Gasteiger partial charge in [-0.25, -0.2) is 0 Å². The van der Waals surface area contributed by atoms with Crippen molar-refractivity contribution in [2.24, 2.45) is 47.3 Å². The molecule has 0 aromatic carbocycles.